The first-order chi connectivity index (χ1) is 14.7. The molecule has 1 aromatic heterocycles. The number of carbonyl (C=O) groups excluding carboxylic acids is 2. The molecule has 0 fully saturated rings. The fraction of sp³-hybridized carbons (Fsp3) is 0.333. The van der Waals surface area contributed by atoms with Crippen LogP contribution in [0.1, 0.15) is 25.0 Å². The van der Waals surface area contributed by atoms with Crippen molar-refractivity contribution in [2.75, 3.05) is 0 Å². The molecule has 0 aliphatic heterocycles. The van der Waals surface area contributed by atoms with Gasteiger partial charge in [0.15, 0.2) is 5.82 Å². The lowest BCUT2D eigenvalue weighted by Crippen LogP contribution is -2.50. The van der Waals surface area contributed by atoms with Crippen LogP contribution in [0.5, 0.6) is 0 Å². The Labute approximate surface area is 177 Å². The van der Waals surface area contributed by atoms with Crippen LogP contribution < -0.4 is 16.6 Å². The molecule has 2 rings (SSSR count). The standard InChI is InChI=1S/C18H18F6N6O2/c1-9(2)14(25)16(32)28-27-13(31)3-4-30-8-26-15(29-30)10-5-11(17(19,20)21)7-12(6-10)18(22,23)24/h3-9,14H,25H2,1-2H3,(H,27,31)(H,28,32)/b4-3-. The van der Waals surface area contributed by atoms with Gasteiger partial charge in [0.05, 0.1) is 17.2 Å². The largest absolute Gasteiger partial charge is 0.416 e. The van der Waals surface area contributed by atoms with Crippen molar-refractivity contribution >= 4 is 18.0 Å². The molecular weight excluding hydrogens is 446 g/mol. The molecule has 4 N–H and O–H groups in total. The number of alkyl halides is 6. The highest BCUT2D eigenvalue weighted by atomic mass is 19.4. The molecule has 0 radical (unpaired) electrons. The number of nitrogens with one attached hydrogen (secondary N) is 2. The highest BCUT2D eigenvalue weighted by Crippen LogP contribution is 2.38. The summed E-state index contributed by atoms with van der Waals surface area (Å²) in [6.07, 6.45) is -7.14. The van der Waals surface area contributed by atoms with Gasteiger partial charge in [-0.3, -0.25) is 20.4 Å². The summed E-state index contributed by atoms with van der Waals surface area (Å²) >= 11 is 0. The zero-order chi connectivity index (χ0) is 24.3. The Hall–Kier alpha value is -3.42. The van der Waals surface area contributed by atoms with Gasteiger partial charge in [-0.2, -0.15) is 26.3 Å². The summed E-state index contributed by atoms with van der Waals surface area (Å²) in [7, 11) is 0. The normalized spacial score (nSPS) is 13.4. The van der Waals surface area contributed by atoms with E-state index in [-0.39, 0.29) is 12.0 Å². The Kier molecular flexibility index (Phi) is 7.28. The Morgan fingerprint density at radius 2 is 1.59 bits per heavy atom. The lowest BCUT2D eigenvalue weighted by molar-refractivity contribution is -0.143. The van der Waals surface area contributed by atoms with E-state index < -0.39 is 52.7 Å². The van der Waals surface area contributed by atoms with E-state index in [1.54, 1.807) is 13.8 Å². The smallest absolute Gasteiger partial charge is 0.320 e. The molecule has 0 saturated carbocycles. The maximum atomic E-state index is 13.0. The molecular formula is C18H18F6N6O2. The quantitative estimate of drug-likeness (QED) is 0.358. The minimum absolute atomic E-state index is 0.00971. The lowest BCUT2D eigenvalue weighted by Gasteiger charge is -2.14. The summed E-state index contributed by atoms with van der Waals surface area (Å²) in [6.45, 7) is 3.41. The molecule has 14 heteroatoms. The Balaban J connectivity index is 2.17. The molecule has 0 spiro atoms. The second kappa shape index (κ2) is 9.38. The number of nitrogens with two attached hydrogens (primary N) is 1. The minimum Gasteiger partial charge on any atom is -0.320 e. The van der Waals surface area contributed by atoms with Crippen LogP contribution in [0, 0.1) is 5.92 Å². The fourth-order valence-corrected chi connectivity index (χ4v) is 2.26. The minimum atomic E-state index is -5.01. The van der Waals surface area contributed by atoms with Crippen LogP contribution in [-0.4, -0.2) is 32.6 Å². The molecule has 2 amide bonds. The molecule has 1 heterocycles. The third-order valence-corrected chi connectivity index (χ3v) is 4.06. The number of hydrogen-bond acceptors (Lipinski definition) is 5. The van der Waals surface area contributed by atoms with E-state index in [0.717, 1.165) is 23.3 Å². The van der Waals surface area contributed by atoms with E-state index in [2.05, 4.69) is 20.9 Å². The predicted octanol–water partition coefficient (Wildman–Crippen LogP) is 2.58. The third kappa shape index (κ3) is 6.54. The zero-order valence-corrected chi connectivity index (χ0v) is 16.6. The van der Waals surface area contributed by atoms with E-state index in [4.69, 9.17) is 5.73 Å². The van der Waals surface area contributed by atoms with Crippen LogP contribution in [0.25, 0.3) is 17.6 Å². The predicted molar refractivity (Wildman–Crippen MR) is 99.9 cm³/mol. The molecule has 0 saturated heterocycles. The topological polar surface area (TPSA) is 115 Å². The van der Waals surface area contributed by atoms with Crippen molar-refractivity contribution < 1.29 is 35.9 Å². The molecule has 1 unspecified atom stereocenters. The van der Waals surface area contributed by atoms with Crippen molar-refractivity contribution in [1.29, 1.82) is 0 Å². The number of nitrogens with zero attached hydrogens (tertiary/aromatic N) is 3. The first kappa shape index (κ1) is 24.8. The molecule has 32 heavy (non-hydrogen) atoms. The monoisotopic (exact) mass is 464 g/mol. The third-order valence-electron chi connectivity index (χ3n) is 4.06. The molecule has 174 valence electrons. The van der Waals surface area contributed by atoms with E-state index in [1.807, 2.05) is 0 Å². The highest BCUT2D eigenvalue weighted by molar-refractivity contribution is 5.92. The molecule has 1 aromatic carbocycles. The van der Waals surface area contributed by atoms with Gasteiger partial charge in [0.25, 0.3) is 11.8 Å². The van der Waals surface area contributed by atoms with Crippen molar-refractivity contribution in [3.63, 3.8) is 0 Å². The SMILES string of the molecule is CC(C)C(N)C(=O)NNC(=O)/C=C\n1cnc(-c2cc(C(F)(F)F)cc(C(F)(F)F)c2)n1. The number of amides is 2. The van der Waals surface area contributed by atoms with Gasteiger partial charge < -0.3 is 5.73 Å². The first-order valence-electron chi connectivity index (χ1n) is 8.93. The summed E-state index contributed by atoms with van der Waals surface area (Å²) in [5.74, 6) is -2.04. The van der Waals surface area contributed by atoms with Gasteiger partial charge >= 0.3 is 12.4 Å². The summed E-state index contributed by atoms with van der Waals surface area (Å²) in [6, 6.07) is 0.105. The van der Waals surface area contributed by atoms with E-state index in [1.165, 1.54) is 0 Å². The number of rotatable bonds is 5. The summed E-state index contributed by atoms with van der Waals surface area (Å²) in [4.78, 5) is 27.1. The Morgan fingerprint density at radius 3 is 2.09 bits per heavy atom. The summed E-state index contributed by atoms with van der Waals surface area (Å²) < 4.78 is 78.8. The van der Waals surface area contributed by atoms with Crippen LogP contribution in [0.15, 0.2) is 30.6 Å². The van der Waals surface area contributed by atoms with E-state index in [9.17, 15) is 35.9 Å². The maximum Gasteiger partial charge on any atom is 0.416 e. The van der Waals surface area contributed by atoms with E-state index in [0.29, 0.717) is 12.1 Å². The first-order valence-corrected chi connectivity index (χ1v) is 8.93. The molecule has 0 aliphatic carbocycles. The number of aromatic nitrogens is 3. The van der Waals surface area contributed by atoms with Gasteiger partial charge in [-0.05, 0) is 24.1 Å². The Bertz CT molecular complexity index is 980. The highest BCUT2D eigenvalue weighted by Gasteiger charge is 2.37. The van der Waals surface area contributed by atoms with Crippen LogP contribution in [0.4, 0.5) is 26.3 Å². The van der Waals surface area contributed by atoms with Crippen molar-refractivity contribution in [3.05, 3.63) is 41.7 Å². The second-order valence-electron chi connectivity index (χ2n) is 6.91. The van der Waals surface area contributed by atoms with Crippen molar-refractivity contribution in [3.8, 4) is 11.4 Å². The fourth-order valence-electron chi connectivity index (χ4n) is 2.26. The van der Waals surface area contributed by atoms with Gasteiger partial charge in [-0.25, -0.2) is 9.67 Å². The number of carbonyl (C=O) groups is 2. The van der Waals surface area contributed by atoms with E-state index >= 15 is 0 Å². The summed E-state index contributed by atoms with van der Waals surface area (Å²) in [5, 5.41) is 3.74. The molecule has 8 nitrogen and oxygen atoms in total. The van der Waals surface area contributed by atoms with Gasteiger partial charge in [0.2, 0.25) is 0 Å². The van der Waals surface area contributed by atoms with Gasteiger partial charge in [-0.15, -0.1) is 5.10 Å². The van der Waals surface area contributed by atoms with Crippen molar-refractivity contribution in [1.82, 2.24) is 25.6 Å². The van der Waals surface area contributed by atoms with Crippen molar-refractivity contribution in [2.24, 2.45) is 11.7 Å². The van der Waals surface area contributed by atoms with Gasteiger partial charge in [0, 0.05) is 17.8 Å². The molecule has 2 aromatic rings. The van der Waals surface area contributed by atoms with Crippen LogP contribution >= 0.6 is 0 Å². The molecule has 0 aliphatic rings. The lowest BCUT2D eigenvalue weighted by atomic mass is 10.0. The Morgan fingerprint density at radius 1 is 1.03 bits per heavy atom. The maximum absolute atomic E-state index is 13.0. The summed E-state index contributed by atoms with van der Waals surface area (Å²) in [5.41, 5.74) is 6.22. The average Bonchev–Trinajstić information content (AvgIpc) is 3.17. The van der Waals surface area contributed by atoms with Crippen molar-refractivity contribution in [2.45, 2.75) is 32.2 Å². The van der Waals surface area contributed by atoms with Crippen LogP contribution in [0.3, 0.4) is 0 Å². The number of benzene rings is 1. The number of hydrogen-bond donors (Lipinski definition) is 3. The average molecular weight is 464 g/mol. The molecule has 0 bridgehead atoms. The number of hydrazine groups is 1. The van der Waals surface area contributed by atoms with Gasteiger partial charge in [0.1, 0.15) is 6.33 Å². The zero-order valence-electron chi connectivity index (χ0n) is 16.6. The van der Waals surface area contributed by atoms with Crippen LogP contribution in [-0.2, 0) is 21.9 Å². The van der Waals surface area contributed by atoms with Gasteiger partial charge in [-0.1, -0.05) is 13.8 Å². The molecule has 1 atom stereocenters. The second-order valence-corrected chi connectivity index (χ2v) is 6.91. The number of halogens is 6. The van der Waals surface area contributed by atoms with Crippen LogP contribution in [0.2, 0.25) is 0 Å².